The van der Waals surface area contributed by atoms with Crippen molar-refractivity contribution in [2.75, 3.05) is 32.7 Å². The molecular formula is C19H28IN5S. The molecule has 1 aromatic heterocycles. The number of piperazine rings is 1. The quantitative estimate of drug-likeness (QED) is 0.401. The summed E-state index contributed by atoms with van der Waals surface area (Å²) in [5.74, 6) is 1.02. The lowest BCUT2D eigenvalue weighted by atomic mass is 10.2. The lowest BCUT2D eigenvalue weighted by molar-refractivity contribution is 0.172. The fourth-order valence-electron chi connectivity index (χ4n) is 3.02. The van der Waals surface area contributed by atoms with Gasteiger partial charge in [0.05, 0.1) is 11.6 Å². The highest BCUT2D eigenvalue weighted by Crippen LogP contribution is 2.13. The first kappa shape index (κ1) is 21.1. The molecule has 1 aliphatic heterocycles. The van der Waals surface area contributed by atoms with Crippen LogP contribution in [0.2, 0.25) is 0 Å². The molecule has 5 nitrogen and oxygen atoms in total. The van der Waals surface area contributed by atoms with E-state index in [0.717, 1.165) is 50.2 Å². The number of nitrogens with zero attached hydrogens (tertiary/aromatic N) is 4. The van der Waals surface area contributed by atoms with Crippen LogP contribution in [-0.2, 0) is 13.1 Å². The first-order valence-corrected chi connectivity index (χ1v) is 9.77. The zero-order chi connectivity index (χ0) is 17.5. The Bertz CT molecular complexity index is 680. The third kappa shape index (κ3) is 6.21. The van der Waals surface area contributed by atoms with Crippen LogP contribution in [0.3, 0.4) is 0 Å². The minimum atomic E-state index is 0. The minimum Gasteiger partial charge on any atom is -0.357 e. The molecule has 7 heteroatoms. The number of rotatable bonds is 5. The van der Waals surface area contributed by atoms with E-state index >= 15 is 0 Å². The Morgan fingerprint density at radius 2 is 1.92 bits per heavy atom. The van der Waals surface area contributed by atoms with Crippen molar-refractivity contribution < 1.29 is 0 Å². The SMILES string of the molecule is CCNC(=NCc1cnc(C)s1)N1CCN(Cc2ccccc2)CC1.I. The molecule has 3 rings (SSSR count). The number of guanidine groups is 1. The number of aliphatic imine (C=N–C) groups is 1. The van der Waals surface area contributed by atoms with E-state index in [2.05, 4.69) is 57.4 Å². The Hall–Kier alpha value is -1.19. The summed E-state index contributed by atoms with van der Waals surface area (Å²) in [6.45, 7) is 11.0. The molecule has 1 N–H and O–H groups in total. The molecule has 2 heterocycles. The van der Waals surface area contributed by atoms with Crippen molar-refractivity contribution in [3.05, 3.63) is 52.0 Å². The van der Waals surface area contributed by atoms with Gasteiger partial charge in [-0.1, -0.05) is 30.3 Å². The number of benzene rings is 1. The predicted octanol–water partition coefficient (Wildman–Crippen LogP) is 3.35. The van der Waals surface area contributed by atoms with Crippen LogP contribution in [0.15, 0.2) is 41.5 Å². The smallest absolute Gasteiger partial charge is 0.194 e. The standard InChI is InChI=1S/C19H27N5S.HI/c1-3-20-19(22-14-18-13-21-16(2)25-18)24-11-9-23(10-12-24)15-17-7-5-4-6-8-17;/h4-8,13H,3,9-12,14-15H2,1-2H3,(H,20,22);1H. The Labute approximate surface area is 177 Å². The Balaban J connectivity index is 0.00000243. The van der Waals surface area contributed by atoms with E-state index in [0.29, 0.717) is 6.54 Å². The highest BCUT2D eigenvalue weighted by Gasteiger charge is 2.19. The van der Waals surface area contributed by atoms with Gasteiger partial charge in [-0.2, -0.15) is 0 Å². The van der Waals surface area contributed by atoms with Gasteiger partial charge in [0.1, 0.15) is 0 Å². The molecule has 0 bridgehead atoms. The minimum absolute atomic E-state index is 0. The second-order valence-corrected chi connectivity index (χ2v) is 7.58. The van der Waals surface area contributed by atoms with Crippen LogP contribution in [0.1, 0.15) is 22.4 Å². The van der Waals surface area contributed by atoms with E-state index < -0.39 is 0 Å². The average Bonchev–Trinajstić information content (AvgIpc) is 3.06. The van der Waals surface area contributed by atoms with E-state index in [1.165, 1.54) is 10.4 Å². The molecule has 1 aromatic carbocycles. The van der Waals surface area contributed by atoms with Gasteiger partial charge in [0, 0.05) is 50.3 Å². The van der Waals surface area contributed by atoms with Crippen molar-refractivity contribution in [2.45, 2.75) is 26.9 Å². The third-order valence-electron chi connectivity index (χ3n) is 4.31. The fourth-order valence-corrected chi connectivity index (χ4v) is 3.74. The summed E-state index contributed by atoms with van der Waals surface area (Å²) in [4.78, 5) is 15.2. The van der Waals surface area contributed by atoms with E-state index in [-0.39, 0.29) is 24.0 Å². The van der Waals surface area contributed by atoms with Crippen LogP contribution in [0.25, 0.3) is 0 Å². The first-order chi connectivity index (χ1) is 12.2. The van der Waals surface area contributed by atoms with Crippen LogP contribution in [0.4, 0.5) is 0 Å². The molecule has 26 heavy (non-hydrogen) atoms. The van der Waals surface area contributed by atoms with Crippen molar-refractivity contribution in [3.8, 4) is 0 Å². The molecular weight excluding hydrogens is 457 g/mol. The molecule has 1 aliphatic rings. The number of aromatic nitrogens is 1. The summed E-state index contributed by atoms with van der Waals surface area (Å²) >= 11 is 1.72. The lowest BCUT2D eigenvalue weighted by Gasteiger charge is -2.36. The summed E-state index contributed by atoms with van der Waals surface area (Å²) in [5.41, 5.74) is 1.39. The summed E-state index contributed by atoms with van der Waals surface area (Å²) in [5, 5.41) is 4.54. The molecule has 1 fully saturated rings. The van der Waals surface area contributed by atoms with Crippen molar-refractivity contribution in [3.63, 3.8) is 0 Å². The number of thiazole rings is 1. The summed E-state index contributed by atoms with van der Waals surface area (Å²) in [6, 6.07) is 10.7. The molecule has 0 amide bonds. The second-order valence-electron chi connectivity index (χ2n) is 6.26. The molecule has 0 unspecified atom stereocenters. The summed E-state index contributed by atoms with van der Waals surface area (Å²) in [7, 11) is 0. The summed E-state index contributed by atoms with van der Waals surface area (Å²) < 4.78 is 0. The van der Waals surface area contributed by atoms with Crippen molar-refractivity contribution in [2.24, 2.45) is 4.99 Å². The highest BCUT2D eigenvalue weighted by atomic mass is 127. The van der Waals surface area contributed by atoms with Crippen LogP contribution in [0, 0.1) is 6.92 Å². The predicted molar refractivity (Wildman–Crippen MR) is 120 cm³/mol. The van der Waals surface area contributed by atoms with Gasteiger partial charge < -0.3 is 10.2 Å². The highest BCUT2D eigenvalue weighted by molar-refractivity contribution is 14.0. The van der Waals surface area contributed by atoms with Gasteiger partial charge >= 0.3 is 0 Å². The number of halogens is 1. The molecule has 0 atom stereocenters. The normalized spacial score (nSPS) is 15.6. The number of hydrogen-bond donors (Lipinski definition) is 1. The molecule has 1 saturated heterocycles. The number of hydrogen-bond acceptors (Lipinski definition) is 4. The van der Waals surface area contributed by atoms with Gasteiger partial charge in [-0.25, -0.2) is 9.98 Å². The number of nitrogens with one attached hydrogen (secondary N) is 1. The van der Waals surface area contributed by atoms with E-state index in [1.807, 2.05) is 13.1 Å². The third-order valence-corrected chi connectivity index (χ3v) is 5.21. The Kier molecular flexibility index (Phi) is 8.80. The van der Waals surface area contributed by atoms with E-state index in [9.17, 15) is 0 Å². The van der Waals surface area contributed by atoms with Gasteiger partial charge in [0.25, 0.3) is 0 Å². The van der Waals surface area contributed by atoms with Crippen molar-refractivity contribution in [1.82, 2.24) is 20.1 Å². The van der Waals surface area contributed by atoms with E-state index in [1.54, 1.807) is 11.3 Å². The Morgan fingerprint density at radius 1 is 1.19 bits per heavy atom. The molecule has 0 aliphatic carbocycles. The zero-order valence-electron chi connectivity index (χ0n) is 15.5. The maximum atomic E-state index is 4.81. The zero-order valence-corrected chi connectivity index (χ0v) is 18.7. The monoisotopic (exact) mass is 485 g/mol. The van der Waals surface area contributed by atoms with Gasteiger partial charge in [-0.3, -0.25) is 4.90 Å². The summed E-state index contributed by atoms with van der Waals surface area (Å²) in [6.07, 6.45) is 1.94. The molecule has 0 spiro atoms. The largest absolute Gasteiger partial charge is 0.357 e. The van der Waals surface area contributed by atoms with Crippen LogP contribution in [-0.4, -0.2) is 53.5 Å². The average molecular weight is 485 g/mol. The van der Waals surface area contributed by atoms with E-state index in [4.69, 9.17) is 4.99 Å². The van der Waals surface area contributed by atoms with Crippen LogP contribution in [0.5, 0.6) is 0 Å². The first-order valence-electron chi connectivity index (χ1n) is 8.95. The van der Waals surface area contributed by atoms with Gasteiger partial charge in [0.15, 0.2) is 5.96 Å². The Morgan fingerprint density at radius 3 is 2.54 bits per heavy atom. The maximum Gasteiger partial charge on any atom is 0.194 e. The van der Waals surface area contributed by atoms with Crippen molar-refractivity contribution in [1.29, 1.82) is 0 Å². The van der Waals surface area contributed by atoms with Crippen LogP contribution >= 0.6 is 35.3 Å². The molecule has 0 saturated carbocycles. The molecule has 142 valence electrons. The number of aryl methyl sites for hydroxylation is 1. The van der Waals surface area contributed by atoms with Crippen molar-refractivity contribution >= 4 is 41.3 Å². The molecule has 2 aromatic rings. The fraction of sp³-hybridized carbons (Fsp3) is 0.474. The topological polar surface area (TPSA) is 43.8 Å². The van der Waals surface area contributed by atoms with Crippen LogP contribution < -0.4 is 5.32 Å². The van der Waals surface area contributed by atoms with Gasteiger partial charge in [0.2, 0.25) is 0 Å². The maximum absolute atomic E-state index is 4.81. The van der Waals surface area contributed by atoms with Gasteiger partial charge in [-0.15, -0.1) is 35.3 Å². The molecule has 0 radical (unpaired) electrons. The van der Waals surface area contributed by atoms with Gasteiger partial charge in [-0.05, 0) is 19.4 Å². The second kappa shape index (κ2) is 10.8. The lowest BCUT2D eigenvalue weighted by Crippen LogP contribution is -2.52.